The van der Waals surface area contributed by atoms with Crippen molar-refractivity contribution < 1.29 is 9.47 Å². The van der Waals surface area contributed by atoms with Crippen molar-refractivity contribution in [3.8, 4) is 22.6 Å². The summed E-state index contributed by atoms with van der Waals surface area (Å²) in [6, 6.07) is 16.0. The Hall–Kier alpha value is -3.12. The van der Waals surface area contributed by atoms with E-state index in [1.165, 1.54) is 4.88 Å². The first kappa shape index (κ1) is 19.2. The summed E-state index contributed by atoms with van der Waals surface area (Å²) in [4.78, 5) is 11.6. The van der Waals surface area contributed by atoms with E-state index in [2.05, 4.69) is 29.4 Å². The van der Waals surface area contributed by atoms with Crippen molar-refractivity contribution in [1.82, 2.24) is 9.97 Å². The summed E-state index contributed by atoms with van der Waals surface area (Å²) in [5.41, 5.74) is 3.23. The van der Waals surface area contributed by atoms with Crippen molar-refractivity contribution in [3.63, 3.8) is 0 Å². The first-order valence-corrected chi connectivity index (χ1v) is 10.3. The van der Waals surface area contributed by atoms with Crippen LogP contribution in [0, 0.1) is 13.8 Å². The van der Waals surface area contributed by atoms with Crippen LogP contribution in [0.2, 0.25) is 0 Å². The average molecular weight is 406 g/mol. The second-order valence-electron chi connectivity index (χ2n) is 6.64. The van der Waals surface area contributed by atoms with Gasteiger partial charge in [0.25, 0.3) is 0 Å². The fraction of sp³-hybridized carbons (Fsp3) is 0.217. The summed E-state index contributed by atoms with van der Waals surface area (Å²) in [6.07, 6.45) is 0. The Bertz CT molecular complexity index is 1140. The van der Waals surface area contributed by atoms with E-state index in [0.29, 0.717) is 6.61 Å². The Morgan fingerprint density at radius 1 is 0.931 bits per heavy atom. The van der Waals surface area contributed by atoms with Crippen LogP contribution in [0.15, 0.2) is 48.5 Å². The molecular formula is C23H23N3O2S. The molecule has 0 spiro atoms. The molecule has 2 heterocycles. The summed E-state index contributed by atoms with van der Waals surface area (Å²) in [6.45, 7) is 6.69. The average Bonchev–Trinajstić information content (AvgIpc) is 3.05. The van der Waals surface area contributed by atoms with Gasteiger partial charge in [-0.15, -0.1) is 11.3 Å². The first-order chi connectivity index (χ1) is 14.1. The van der Waals surface area contributed by atoms with E-state index in [4.69, 9.17) is 14.5 Å². The van der Waals surface area contributed by atoms with E-state index in [1.54, 1.807) is 18.4 Å². The maximum atomic E-state index is 5.59. The number of fused-ring (bicyclic) bond motifs is 1. The van der Waals surface area contributed by atoms with Crippen LogP contribution in [0.4, 0.5) is 11.5 Å². The van der Waals surface area contributed by atoms with Gasteiger partial charge in [-0.05, 0) is 62.7 Å². The number of rotatable bonds is 6. The minimum atomic E-state index is 0.656. The Morgan fingerprint density at radius 3 is 2.28 bits per heavy atom. The third kappa shape index (κ3) is 3.89. The van der Waals surface area contributed by atoms with Gasteiger partial charge >= 0.3 is 0 Å². The van der Waals surface area contributed by atoms with Crippen molar-refractivity contribution in [2.24, 2.45) is 0 Å². The molecule has 0 aliphatic carbocycles. The van der Waals surface area contributed by atoms with Crippen molar-refractivity contribution in [1.29, 1.82) is 0 Å². The first-order valence-electron chi connectivity index (χ1n) is 9.51. The van der Waals surface area contributed by atoms with Gasteiger partial charge in [0.05, 0.1) is 19.1 Å². The predicted molar refractivity (Wildman–Crippen MR) is 120 cm³/mol. The highest BCUT2D eigenvalue weighted by Gasteiger charge is 2.18. The number of nitrogens with zero attached hydrogens (tertiary/aromatic N) is 2. The highest BCUT2D eigenvalue weighted by Crippen LogP contribution is 2.41. The third-order valence-electron chi connectivity index (χ3n) is 4.65. The maximum absolute atomic E-state index is 5.59. The Morgan fingerprint density at radius 2 is 1.62 bits per heavy atom. The number of anilines is 2. The van der Waals surface area contributed by atoms with Crippen LogP contribution in [-0.2, 0) is 0 Å². The molecule has 0 bridgehead atoms. The maximum Gasteiger partial charge on any atom is 0.143 e. The molecule has 29 heavy (non-hydrogen) atoms. The molecule has 0 saturated carbocycles. The second kappa shape index (κ2) is 8.09. The van der Waals surface area contributed by atoms with Crippen LogP contribution < -0.4 is 14.8 Å². The number of methoxy groups -OCH3 is 1. The number of aromatic nitrogens is 2. The van der Waals surface area contributed by atoms with Gasteiger partial charge in [-0.3, -0.25) is 0 Å². The van der Waals surface area contributed by atoms with Gasteiger partial charge in [0.1, 0.15) is 28.0 Å². The number of nitrogens with one attached hydrogen (secondary N) is 1. The summed E-state index contributed by atoms with van der Waals surface area (Å²) < 4.78 is 10.8. The molecule has 0 aliphatic heterocycles. The van der Waals surface area contributed by atoms with Gasteiger partial charge in [-0.2, -0.15) is 0 Å². The molecule has 2 aromatic carbocycles. The molecule has 6 heteroatoms. The van der Waals surface area contributed by atoms with Crippen molar-refractivity contribution in [2.75, 3.05) is 19.0 Å². The number of ether oxygens (including phenoxy) is 2. The summed E-state index contributed by atoms with van der Waals surface area (Å²) >= 11 is 1.69. The lowest BCUT2D eigenvalue weighted by Gasteiger charge is -2.11. The van der Waals surface area contributed by atoms with Gasteiger partial charge in [-0.1, -0.05) is 12.1 Å². The summed E-state index contributed by atoms with van der Waals surface area (Å²) in [5.74, 6) is 3.25. The topological polar surface area (TPSA) is 56.3 Å². The zero-order valence-corrected chi connectivity index (χ0v) is 17.8. The molecule has 0 fully saturated rings. The van der Waals surface area contributed by atoms with Crippen molar-refractivity contribution in [3.05, 3.63) is 59.2 Å². The van der Waals surface area contributed by atoms with E-state index in [1.807, 2.05) is 50.2 Å². The molecule has 0 aliphatic rings. The molecule has 4 rings (SSSR count). The minimum Gasteiger partial charge on any atom is -0.497 e. The van der Waals surface area contributed by atoms with E-state index in [0.717, 1.165) is 50.2 Å². The Labute approximate surface area is 174 Å². The molecule has 1 N–H and O–H groups in total. The fourth-order valence-corrected chi connectivity index (χ4v) is 4.44. The van der Waals surface area contributed by atoms with Gasteiger partial charge in [0.2, 0.25) is 0 Å². The fourth-order valence-electron chi connectivity index (χ4n) is 3.35. The molecule has 0 saturated heterocycles. The molecule has 4 aromatic rings. The molecular weight excluding hydrogens is 382 g/mol. The molecule has 0 unspecified atom stereocenters. The molecule has 2 aromatic heterocycles. The van der Waals surface area contributed by atoms with E-state index in [9.17, 15) is 0 Å². The second-order valence-corrected chi connectivity index (χ2v) is 7.85. The van der Waals surface area contributed by atoms with E-state index in [-0.39, 0.29) is 0 Å². The lowest BCUT2D eigenvalue weighted by molar-refractivity contribution is 0.340. The minimum absolute atomic E-state index is 0.656. The monoisotopic (exact) mass is 405 g/mol. The quantitative estimate of drug-likeness (QED) is 0.418. The normalized spacial score (nSPS) is 10.9. The number of hydrogen-bond donors (Lipinski definition) is 1. The lowest BCUT2D eigenvalue weighted by Crippen LogP contribution is -1.98. The highest BCUT2D eigenvalue weighted by molar-refractivity contribution is 7.19. The zero-order chi connectivity index (χ0) is 20.4. The standard InChI is InChI=1S/C23H23N3O2S/c1-5-28-19-10-6-16(7-11-19)20-14(2)29-23-21(20)22(24-15(3)25-23)26-17-8-12-18(27-4)13-9-17/h6-13H,5H2,1-4H3,(H,24,25,26). The largest absolute Gasteiger partial charge is 0.497 e. The van der Waals surface area contributed by atoms with Crippen molar-refractivity contribution >= 4 is 33.1 Å². The Balaban J connectivity index is 1.81. The van der Waals surface area contributed by atoms with Gasteiger partial charge in [-0.25, -0.2) is 9.97 Å². The van der Waals surface area contributed by atoms with E-state index < -0.39 is 0 Å². The number of benzene rings is 2. The van der Waals surface area contributed by atoms with Crippen LogP contribution >= 0.6 is 11.3 Å². The summed E-state index contributed by atoms with van der Waals surface area (Å²) in [7, 11) is 1.66. The van der Waals surface area contributed by atoms with Crippen LogP contribution in [-0.4, -0.2) is 23.7 Å². The third-order valence-corrected chi connectivity index (χ3v) is 5.65. The van der Waals surface area contributed by atoms with Crippen molar-refractivity contribution in [2.45, 2.75) is 20.8 Å². The van der Waals surface area contributed by atoms with E-state index >= 15 is 0 Å². The molecule has 5 nitrogen and oxygen atoms in total. The number of hydrogen-bond acceptors (Lipinski definition) is 6. The number of aryl methyl sites for hydroxylation is 2. The predicted octanol–water partition coefficient (Wildman–Crippen LogP) is 6.13. The highest BCUT2D eigenvalue weighted by atomic mass is 32.1. The SMILES string of the molecule is CCOc1ccc(-c2c(C)sc3nc(C)nc(Nc4ccc(OC)cc4)c23)cc1. The molecule has 148 valence electrons. The van der Waals surface area contributed by atoms with Crippen LogP contribution in [0.1, 0.15) is 17.6 Å². The van der Waals surface area contributed by atoms with Crippen LogP contribution in [0.5, 0.6) is 11.5 Å². The van der Waals surface area contributed by atoms with Gasteiger partial charge < -0.3 is 14.8 Å². The Kier molecular flexibility index (Phi) is 5.36. The van der Waals surface area contributed by atoms with Crippen LogP contribution in [0.3, 0.4) is 0 Å². The summed E-state index contributed by atoms with van der Waals surface area (Å²) in [5, 5.41) is 4.51. The number of thiophene rings is 1. The van der Waals surface area contributed by atoms with Gasteiger partial charge in [0.15, 0.2) is 0 Å². The smallest absolute Gasteiger partial charge is 0.143 e. The molecule has 0 radical (unpaired) electrons. The molecule has 0 amide bonds. The van der Waals surface area contributed by atoms with Crippen LogP contribution in [0.25, 0.3) is 21.3 Å². The zero-order valence-electron chi connectivity index (χ0n) is 16.9. The lowest BCUT2D eigenvalue weighted by atomic mass is 10.0. The molecule has 0 atom stereocenters. The van der Waals surface area contributed by atoms with Gasteiger partial charge in [0, 0.05) is 16.1 Å².